The van der Waals surface area contributed by atoms with Crippen molar-refractivity contribution in [2.45, 2.75) is 61.0 Å². The number of piperidine rings is 1. The van der Waals surface area contributed by atoms with Crippen molar-refractivity contribution in [1.82, 2.24) is 24.7 Å². The molecule has 0 radical (unpaired) electrons. The zero-order valence-electron chi connectivity index (χ0n) is 19.2. The molecule has 3 aliphatic rings. The minimum Gasteiger partial charge on any atom is -0.375 e. The van der Waals surface area contributed by atoms with Crippen LogP contribution in [0.4, 0.5) is 14.5 Å². The molecule has 1 aliphatic carbocycles. The number of ether oxygens (including phenoxy) is 1. The number of nitriles is 1. The number of nitrogens with zero attached hydrogens (tertiary/aromatic N) is 6. The Hall–Kier alpha value is -2.73. The standard InChI is InChI=1S/C22H23F2N7O3S2/c23-18(24)19-27-28-20(35-19)31-17-11-14(36(32,33)29-21(13-25)3-4-21)10-16(15(17)12-26-31)30-7-5-22(6-8-30)2-1-9-34-22/h10-12,18,29H,1-9H2. The highest BCUT2D eigenvalue weighted by molar-refractivity contribution is 7.89. The van der Waals surface area contributed by atoms with Gasteiger partial charge in [0.25, 0.3) is 6.43 Å². The van der Waals surface area contributed by atoms with Gasteiger partial charge in [-0.3, -0.25) is 0 Å². The maximum absolute atomic E-state index is 13.3. The van der Waals surface area contributed by atoms with E-state index in [1.54, 1.807) is 12.3 Å². The molecule has 6 rings (SSSR count). The van der Waals surface area contributed by atoms with Gasteiger partial charge in [0.15, 0.2) is 5.01 Å². The van der Waals surface area contributed by atoms with Crippen LogP contribution in [0.15, 0.2) is 23.2 Å². The van der Waals surface area contributed by atoms with E-state index in [9.17, 15) is 22.5 Å². The third kappa shape index (κ3) is 4.03. The molecular formula is C22H23F2N7O3S2. The molecule has 36 heavy (non-hydrogen) atoms. The SMILES string of the molecule is N#CC1(NS(=O)(=O)c2cc(N3CCC4(CCCO4)CC3)c3cnn(-c4nnc(C(F)F)s4)c3c2)CC1. The average Bonchev–Trinajstić information content (AvgIpc) is 3.25. The van der Waals surface area contributed by atoms with Crippen LogP contribution in [0.1, 0.15) is 50.0 Å². The summed E-state index contributed by atoms with van der Waals surface area (Å²) in [7, 11) is -4.05. The fraction of sp³-hybridized carbons (Fsp3) is 0.545. The van der Waals surface area contributed by atoms with Gasteiger partial charge >= 0.3 is 0 Å². The predicted molar refractivity (Wildman–Crippen MR) is 127 cm³/mol. The van der Waals surface area contributed by atoms with Gasteiger partial charge in [0, 0.05) is 30.8 Å². The highest BCUT2D eigenvalue weighted by atomic mass is 32.2. The summed E-state index contributed by atoms with van der Waals surface area (Å²) >= 11 is 0.695. The predicted octanol–water partition coefficient (Wildman–Crippen LogP) is 3.30. The Morgan fingerprint density at radius 1 is 1.17 bits per heavy atom. The Balaban J connectivity index is 1.44. The second kappa shape index (κ2) is 8.41. The van der Waals surface area contributed by atoms with E-state index < -0.39 is 27.0 Å². The molecule has 10 nitrogen and oxygen atoms in total. The summed E-state index contributed by atoms with van der Waals surface area (Å²) in [5.41, 5.74) is -0.123. The number of aromatic nitrogens is 4. The molecule has 1 N–H and O–H groups in total. The molecule has 2 aliphatic heterocycles. The molecule has 0 atom stereocenters. The third-order valence-corrected chi connectivity index (χ3v) is 9.66. The molecule has 1 aromatic carbocycles. The lowest BCUT2D eigenvalue weighted by atomic mass is 9.88. The van der Waals surface area contributed by atoms with E-state index >= 15 is 0 Å². The molecular weight excluding hydrogens is 512 g/mol. The van der Waals surface area contributed by atoms with E-state index in [2.05, 4.69) is 24.9 Å². The Labute approximate surface area is 209 Å². The van der Waals surface area contributed by atoms with Gasteiger partial charge in [-0.2, -0.15) is 15.1 Å². The van der Waals surface area contributed by atoms with Gasteiger partial charge in [0.1, 0.15) is 5.54 Å². The number of halogens is 2. The Morgan fingerprint density at radius 2 is 1.94 bits per heavy atom. The molecule has 3 aromatic rings. The first-order valence-electron chi connectivity index (χ1n) is 11.7. The molecule has 0 unspecified atom stereocenters. The maximum Gasteiger partial charge on any atom is 0.291 e. The van der Waals surface area contributed by atoms with Crippen LogP contribution in [0.2, 0.25) is 0 Å². The quantitative estimate of drug-likeness (QED) is 0.510. The van der Waals surface area contributed by atoms with Crippen molar-refractivity contribution < 1.29 is 21.9 Å². The summed E-state index contributed by atoms with van der Waals surface area (Å²) in [6.45, 7) is 2.11. The van der Waals surface area contributed by atoms with Crippen molar-refractivity contribution in [1.29, 1.82) is 5.26 Å². The highest BCUT2D eigenvalue weighted by Gasteiger charge is 2.47. The average molecular weight is 536 g/mol. The van der Waals surface area contributed by atoms with Gasteiger partial charge in [-0.15, -0.1) is 10.2 Å². The summed E-state index contributed by atoms with van der Waals surface area (Å²) in [6.07, 6.45) is 3.43. The first-order valence-corrected chi connectivity index (χ1v) is 14.0. The van der Waals surface area contributed by atoms with Crippen molar-refractivity contribution in [3.05, 3.63) is 23.3 Å². The largest absolute Gasteiger partial charge is 0.375 e. The molecule has 2 aromatic heterocycles. The minimum absolute atomic E-state index is 0.0238. The van der Waals surface area contributed by atoms with Crippen LogP contribution in [-0.4, -0.2) is 59.2 Å². The summed E-state index contributed by atoms with van der Waals surface area (Å²) in [6, 6.07) is 5.09. The van der Waals surface area contributed by atoms with Gasteiger partial charge in [-0.25, -0.2) is 21.9 Å². The second-order valence-electron chi connectivity index (χ2n) is 9.58. The maximum atomic E-state index is 13.3. The first-order chi connectivity index (χ1) is 17.2. The number of hydrogen-bond acceptors (Lipinski definition) is 9. The number of rotatable bonds is 6. The number of anilines is 1. The van der Waals surface area contributed by atoms with Gasteiger partial charge in [-0.1, -0.05) is 11.3 Å². The molecule has 190 valence electrons. The lowest BCUT2D eigenvalue weighted by Gasteiger charge is -2.40. The van der Waals surface area contributed by atoms with E-state index in [4.69, 9.17) is 4.74 Å². The Bertz CT molecular complexity index is 1460. The number of nitrogens with one attached hydrogen (secondary N) is 1. The van der Waals surface area contributed by atoms with Crippen molar-refractivity contribution in [2.24, 2.45) is 0 Å². The zero-order valence-corrected chi connectivity index (χ0v) is 20.8. The van der Waals surface area contributed by atoms with Gasteiger partial charge in [0.05, 0.1) is 28.3 Å². The van der Waals surface area contributed by atoms with Crippen LogP contribution in [0.5, 0.6) is 0 Å². The molecule has 2 saturated heterocycles. The van der Waals surface area contributed by atoms with Crippen molar-refractivity contribution >= 4 is 38.0 Å². The van der Waals surface area contributed by atoms with Crippen molar-refractivity contribution in [3.8, 4) is 11.2 Å². The normalized spacial score (nSPS) is 20.9. The fourth-order valence-corrected chi connectivity index (χ4v) is 7.12. The summed E-state index contributed by atoms with van der Waals surface area (Å²) < 4.78 is 62.8. The second-order valence-corrected chi connectivity index (χ2v) is 12.2. The Morgan fingerprint density at radius 3 is 2.56 bits per heavy atom. The third-order valence-electron chi connectivity index (χ3n) is 7.24. The smallest absolute Gasteiger partial charge is 0.291 e. The van der Waals surface area contributed by atoms with Crippen LogP contribution in [-0.2, 0) is 14.8 Å². The van der Waals surface area contributed by atoms with E-state index in [-0.39, 0.29) is 15.6 Å². The van der Waals surface area contributed by atoms with Gasteiger partial charge in [0.2, 0.25) is 15.2 Å². The van der Waals surface area contributed by atoms with Crippen molar-refractivity contribution in [3.63, 3.8) is 0 Å². The van der Waals surface area contributed by atoms with E-state index in [0.29, 0.717) is 53.9 Å². The summed E-state index contributed by atoms with van der Waals surface area (Å²) in [5, 5.41) is 21.5. The molecule has 0 amide bonds. The topological polar surface area (TPSA) is 126 Å². The van der Waals surface area contributed by atoms with E-state index in [0.717, 1.165) is 32.3 Å². The van der Waals surface area contributed by atoms with Crippen LogP contribution < -0.4 is 9.62 Å². The molecule has 14 heteroatoms. The van der Waals surface area contributed by atoms with E-state index in [1.807, 2.05) is 6.07 Å². The number of sulfonamides is 1. The van der Waals surface area contributed by atoms with Crippen LogP contribution in [0.3, 0.4) is 0 Å². The summed E-state index contributed by atoms with van der Waals surface area (Å²) in [4.78, 5) is 2.09. The number of benzene rings is 1. The molecule has 1 saturated carbocycles. The lowest BCUT2D eigenvalue weighted by Crippen LogP contribution is -2.44. The summed E-state index contributed by atoms with van der Waals surface area (Å²) in [5.74, 6) is 0. The Kier molecular flexibility index (Phi) is 5.52. The van der Waals surface area contributed by atoms with Crippen LogP contribution in [0, 0.1) is 11.3 Å². The first kappa shape index (κ1) is 23.7. The fourth-order valence-electron chi connectivity index (χ4n) is 5.03. The molecule has 3 fully saturated rings. The number of hydrogen-bond donors (Lipinski definition) is 1. The lowest BCUT2D eigenvalue weighted by molar-refractivity contribution is -0.0145. The van der Waals surface area contributed by atoms with Crippen LogP contribution in [0.25, 0.3) is 16.0 Å². The van der Waals surface area contributed by atoms with Gasteiger partial charge < -0.3 is 9.64 Å². The van der Waals surface area contributed by atoms with Crippen LogP contribution >= 0.6 is 11.3 Å². The van der Waals surface area contributed by atoms with E-state index in [1.165, 1.54) is 10.7 Å². The number of alkyl halides is 2. The highest BCUT2D eigenvalue weighted by Crippen LogP contribution is 2.41. The van der Waals surface area contributed by atoms with Gasteiger partial charge in [-0.05, 0) is 50.7 Å². The molecule has 4 heterocycles. The molecule has 1 spiro atoms. The zero-order chi connectivity index (χ0) is 25.1. The minimum atomic E-state index is -4.05. The monoisotopic (exact) mass is 535 g/mol. The van der Waals surface area contributed by atoms with Crippen molar-refractivity contribution in [2.75, 3.05) is 24.6 Å². The molecule has 0 bridgehead atoms. The number of fused-ring (bicyclic) bond motifs is 1.